The van der Waals surface area contributed by atoms with Gasteiger partial charge in [-0.1, -0.05) is 60.7 Å². The summed E-state index contributed by atoms with van der Waals surface area (Å²) in [6, 6.07) is 22.9. The van der Waals surface area contributed by atoms with Crippen molar-refractivity contribution in [2.45, 2.75) is 12.8 Å². The summed E-state index contributed by atoms with van der Waals surface area (Å²) >= 11 is 18.4. The fourth-order valence-electron chi connectivity index (χ4n) is 5.89. The first-order valence-corrected chi connectivity index (χ1v) is 18.5. The van der Waals surface area contributed by atoms with Gasteiger partial charge in [-0.3, -0.25) is 0 Å². The first-order chi connectivity index (χ1) is 26.4. The smallest absolute Gasteiger partial charge is 0.293 e. The summed E-state index contributed by atoms with van der Waals surface area (Å²) in [4.78, 5) is 14.4. The minimum atomic E-state index is -0.588. The van der Waals surface area contributed by atoms with Crippen LogP contribution in [0.3, 0.4) is 0 Å². The predicted molar refractivity (Wildman–Crippen MR) is 201 cm³/mol. The van der Waals surface area contributed by atoms with Crippen LogP contribution in [0.5, 0.6) is 0 Å². The van der Waals surface area contributed by atoms with Crippen molar-refractivity contribution in [2.24, 2.45) is 0 Å². The molecule has 54 heavy (non-hydrogen) atoms. The lowest BCUT2D eigenvalue weighted by Gasteiger charge is -2.15. The van der Waals surface area contributed by atoms with Crippen molar-refractivity contribution >= 4 is 50.5 Å². The number of nitrogens with zero attached hydrogens (tertiary/aromatic N) is 6. The molecular formula is C38H20BrCl2FN6O5S. The molecule has 0 spiro atoms. The van der Waals surface area contributed by atoms with Gasteiger partial charge in [-0.05, 0) is 113 Å². The number of hydrogen-bond donors (Lipinski definition) is 0. The molecule has 0 fully saturated rings. The van der Waals surface area contributed by atoms with E-state index in [1.54, 1.807) is 36.4 Å². The summed E-state index contributed by atoms with van der Waals surface area (Å²) < 4.78 is 43.6. The largest absolute Gasteiger partial charge is 0.459 e. The normalized spacial score (nSPS) is 11.5. The number of furan rings is 2. The monoisotopic (exact) mass is 840 g/mol. The van der Waals surface area contributed by atoms with E-state index in [1.807, 2.05) is 41.8 Å². The van der Waals surface area contributed by atoms with Crippen molar-refractivity contribution in [1.82, 2.24) is 30.4 Å². The van der Waals surface area contributed by atoms with Crippen LogP contribution >= 0.6 is 50.5 Å². The van der Waals surface area contributed by atoms with E-state index < -0.39 is 5.82 Å². The first-order valence-electron chi connectivity index (χ1n) is 16.1. The quantitative estimate of drug-likeness (QED) is 0.130. The van der Waals surface area contributed by atoms with E-state index in [0.717, 1.165) is 26.0 Å². The molecule has 3 aromatic carbocycles. The van der Waals surface area contributed by atoms with Crippen LogP contribution in [0.2, 0.25) is 10.0 Å². The van der Waals surface area contributed by atoms with E-state index in [2.05, 4.69) is 46.4 Å². The van der Waals surface area contributed by atoms with Gasteiger partial charge in [-0.2, -0.15) is 15.0 Å². The van der Waals surface area contributed by atoms with Gasteiger partial charge < -0.3 is 22.4 Å². The van der Waals surface area contributed by atoms with Crippen molar-refractivity contribution in [1.29, 1.82) is 0 Å². The molecule has 6 heterocycles. The molecule has 0 atom stereocenters. The van der Waals surface area contributed by atoms with Gasteiger partial charge in [0.1, 0.15) is 5.82 Å². The first kappa shape index (κ1) is 34.1. The van der Waals surface area contributed by atoms with Gasteiger partial charge in [0.05, 0.1) is 23.0 Å². The van der Waals surface area contributed by atoms with Gasteiger partial charge in [-0.15, -0.1) is 11.3 Å². The van der Waals surface area contributed by atoms with Crippen LogP contribution in [0.1, 0.15) is 22.3 Å². The molecule has 0 N–H and O–H groups in total. The van der Waals surface area contributed by atoms with Crippen LogP contribution in [0.4, 0.5) is 4.39 Å². The Labute approximate surface area is 326 Å². The third kappa shape index (κ3) is 6.69. The lowest BCUT2D eigenvalue weighted by atomic mass is 9.93. The molecule has 9 rings (SSSR count). The summed E-state index contributed by atoms with van der Waals surface area (Å²) in [7, 11) is 0. The Bertz CT molecular complexity index is 2750. The van der Waals surface area contributed by atoms with Crippen molar-refractivity contribution in [3.05, 3.63) is 139 Å². The Balaban J connectivity index is 1.11. The third-order valence-corrected chi connectivity index (χ3v) is 10.6. The highest BCUT2D eigenvalue weighted by Crippen LogP contribution is 2.37. The second kappa shape index (κ2) is 14.3. The summed E-state index contributed by atoms with van der Waals surface area (Å²) in [5.74, 6) is 1.79. The van der Waals surface area contributed by atoms with Crippen molar-refractivity contribution in [2.75, 3.05) is 0 Å². The van der Waals surface area contributed by atoms with Gasteiger partial charge in [0, 0.05) is 25.6 Å². The molecule has 9 aromatic rings. The number of benzene rings is 3. The molecule has 0 saturated heterocycles. The van der Waals surface area contributed by atoms with Crippen LogP contribution in [0.25, 0.3) is 68.2 Å². The molecule has 0 radical (unpaired) electrons. The second-order valence-electron chi connectivity index (χ2n) is 11.9. The minimum absolute atomic E-state index is 0.0991. The maximum absolute atomic E-state index is 15.4. The number of thiophene rings is 1. The Morgan fingerprint density at radius 1 is 0.611 bits per heavy atom. The van der Waals surface area contributed by atoms with E-state index in [9.17, 15) is 0 Å². The number of aromatic nitrogens is 6. The Hall–Kier alpha value is -5.67. The Morgan fingerprint density at radius 2 is 1.22 bits per heavy atom. The summed E-state index contributed by atoms with van der Waals surface area (Å²) in [6.07, 6.45) is 3.70. The fourth-order valence-corrected chi connectivity index (χ4v) is 7.47. The average molecular weight is 842 g/mol. The van der Waals surface area contributed by atoms with Crippen LogP contribution < -0.4 is 0 Å². The van der Waals surface area contributed by atoms with Crippen molar-refractivity contribution in [3.8, 4) is 68.2 Å². The number of rotatable bonds is 10. The van der Waals surface area contributed by atoms with Crippen LogP contribution in [-0.2, 0) is 12.8 Å². The number of hydrogen-bond acceptors (Lipinski definition) is 12. The molecule has 6 aromatic heterocycles. The van der Waals surface area contributed by atoms with Crippen LogP contribution in [-0.4, -0.2) is 30.4 Å². The van der Waals surface area contributed by atoms with Crippen molar-refractivity contribution in [3.63, 3.8) is 0 Å². The third-order valence-electron chi connectivity index (χ3n) is 8.43. The molecular weight excluding hydrogens is 822 g/mol. The molecule has 0 aliphatic heterocycles. The Morgan fingerprint density at radius 3 is 1.89 bits per heavy atom. The van der Waals surface area contributed by atoms with Gasteiger partial charge in [-0.25, -0.2) is 4.39 Å². The van der Waals surface area contributed by atoms with Crippen LogP contribution in [0.15, 0.2) is 124 Å². The van der Waals surface area contributed by atoms with E-state index in [-0.39, 0.29) is 34.6 Å². The maximum atomic E-state index is 15.4. The van der Waals surface area contributed by atoms with E-state index >= 15 is 4.39 Å². The van der Waals surface area contributed by atoms with Gasteiger partial charge >= 0.3 is 0 Å². The molecule has 11 nitrogen and oxygen atoms in total. The highest BCUT2D eigenvalue weighted by atomic mass is 79.9. The lowest BCUT2D eigenvalue weighted by Crippen LogP contribution is -2.01. The fraction of sp³-hybridized carbons (Fsp3) is 0.0526. The molecule has 266 valence electrons. The zero-order valence-corrected chi connectivity index (χ0v) is 31.2. The minimum Gasteiger partial charge on any atom is -0.459 e. The van der Waals surface area contributed by atoms with Crippen molar-refractivity contribution < 1.29 is 26.8 Å². The number of halogens is 4. The highest BCUT2D eigenvalue weighted by Gasteiger charge is 2.23. The summed E-state index contributed by atoms with van der Waals surface area (Å²) in [5.41, 5.74) is 4.54. The highest BCUT2D eigenvalue weighted by molar-refractivity contribution is 9.10. The zero-order chi connectivity index (χ0) is 36.8. The van der Waals surface area contributed by atoms with E-state index in [1.165, 1.54) is 29.9 Å². The zero-order valence-electron chi connectivity index (χ0n) is 27.3. The van der Waals surface area contributed by atoms with Gasteiger partial charge in [0.15, 0.2) is 11.5 Å². The molecule has 0 saturated carbocycles. The molecule has 0 aliphatic carbocycles. The molecule has 0 unspecified atom stereocenters. The van der Waals surface area contributed by atoms with Crippen LogP contribution in [0, 0.1) is 5.82 Å². The van der Waals surface area contributed by atoms with E-state index in [4.69, 9.17) is 45.6 Å². The van der Waals surface area contributed by atoms with Gasteiger partial charge in [0.25, 0.3) is 17.7 Å². The molecule has 16 heteroatoms. The average Bonchev–Trinajstić information content (AvgIpc) is 4.02. The molecule has 0 amide bonds. The topological polar surface area (TPSA) is 143 Å². The predicted octanol–water partition coefficient (Wildman–Crippen LogP) is 11.5. The van der Waals surface area contributed by atoms with E-state index in [0.29, 0.717) is 57.2 Å². The standard InChI is InChI=1S/C38H20BrCl2FN6O5S/c39-27-17-20(13-22-16-26(29(42)18-28(22)41)35-45-38(53-48-35)32-6-3-11-54-32)25(34-44-37(52-47-34)31-5-2-10-50-31)15-21(27)12-19-14-23(40)7-8-24(19)33-43-36(51-46-33)30-4-1-9-49-30/h1-11,14-18H,12-13H2. The maximum Gasteiger partial charge on any atom is 0.293 e. The molecule has 0 bridgehead atoms. The second-order valence-corrected chi connectivity index (χ2v) is 14.5. The summed E-state index contributed by atoms with van der Waals surface area (Å²) in [5, 5.41) is 15.2. The summed E-state index contributed by atoms with van der Waals surface area (Å²) in [6.45, 7) is 0. The Kier molecular flexibility index (Phi) is 9.03. The SMILES string of the molecule is Fc1cc(Cl)c(Cc2cc(Br)c(Cc3cc(Cl)ccc3-c3noc(-c4ccco4)n3)cc2-c2noc(-c3ccco3)n2)cc1-c1noc(-c2cccs2)n1. The van der Waals surface area contributed by atoms with Gasteiger partial charge in [0.2, 0.25) is 17.5 Å². The lowest BCUT2D eigenvalue weighted by molar-refractivity contribution is 0.416. The molecule has 0 aliphatic rings.